The number of likely N-dealkylation sites (tertiary alicyclic amines) is 1. The molecule has 9 heteroatoms. The molecule has 32 heavy (non-hydrogen) atoms. The van der Waals surface area contributed by atoms with Gasteiger partial charge in [-0.15, -0.1) is 0 Å². The second-order valence-corrected chi connectivity index (χ2v) is 8.19. The molecule has 1 aliphatic heterocycles. The van der Waals surface area contributed by atoms with E-state index < -0.39 is 0 Å². The van der Waals surface area contributed by atoms with Gasteiger partial charge in [0.05, 0.1) is 24.4 Å². The average Bonchev–Trinajstić information content (AvgIpc) is 2.82. The van der Waals surface area contributed by atoms with Gasteiger partial charge in [0, 0.05) is 37.1 Å². The Balaban J connectivity index is 1.46. The molecule has 1 fully saturated rings. The van der Waals surface area contributed by atoms with Gasteiger partial charge in [-0.1, -0.05) is 6.42 Å². The van der Waals surface area contributed by atoms with Crippen LogP contribution in [0.2, 0.25) is 0 Å². The fourth-order valence-corrected chi connectivity index (χ4v) is 4.11. The van der Waals surface area contributed by atoms with E-state index in [1.54, 1.807) is 12.4 Å². The van der Waals surface area contributed by atoms with E-state index in [0.29, 0.717) is 42.2 Å². The first-order valence-corrected chi connectivity index (χ1v) is 10.9. The number of carbonyl (C=O) groups excluding carboxylic acids is 1. The molecule has 2 N–H and O–H groups in total. The number of benzene rings is 1. The molecule has 3 aromatic rings. The summed E-state index contributed by atoms with van der Waals surface area (Å²) >= 11 is 0. The molecule has 0 aliphatic carbocycles. The van der Waals surface area contributed by atoms with E-state index >= 15 is 0 Å². The number of nitrogen functional groups attached to an aromatic ring is 1. The lowest BCUT2D eigenvalue weighted by Crippen LogP contribution is -2.48. The average molecular weight is 436 g/mol. The second kappa shape index (κ2) is 9.86. The predicted molar refractivity (Wildman–Crippen MR) is 123 cm³/mol. The lowest BCUT2D eigenvalue weighted by Gasteiger charge is -2.34. The molecular formula is C23H29N7O2. The maximum Gasteiger partial charge on any atom is 0.239 e. The van der Waals surface area contributed by atoms with Crippen molar-refractivity contribution in [2.45, 2.75) is 31.7 Å². The Morgan fingerprint density at radius 2 is 2.06 bits per heavy atom. The summed E-state index contributed by atoms with van der Waals surface area (Å²) in [6.07, 6.45) is 10.4. The van der Waals surface area contributed by atoms with Gasteiger partial charge >= 0.3 is 0 Å². The highest BCUT2D eigenvalue weighted by Crippen LogP contribution is 2.35. The Bertz CT molecular complexity index is 1080. The minimum Gasteiger partial charge on any atom is -0.491 e. The number of anilines is 1. The Labute approximate surface area is 187 Å². The number of rotatable bonds is 7. The van der Waals surface area contributed by atoms with E-state index in [1.165, 1.54) is 12.5 Å². The van der Waals surface area contributed by atoms with Gasteiger partial charge in [-0.2, -0.15) is 0 Å². The molecule has 1 amide bonds. The van der Waals surface area contributed by atoms with Crippen LogP contribution >= 0.6 is 0 Å². The normalized spacial score (nSPS) is 16.8. The number of carbonyl (C=O) groups is 1. The van der Waals surface area contributed by atoms with E-state index in [1.807, 2.05) is 31.1 Å². The summed E-state index contributed by atoms with van der Waals surface area (Å²) in [7, 11) is 3.89. The number of ether oxygens (including phenoxy) is 1. The summed E-state index contributed by atoms with van der Waals surface area (Å²) in [5, 5.41) is 0. The van der Waals surface area contributed by atoms with E-state index in [0.717, 1.165) is 36.9 Å². The molecule has 168 valence electrons. The lowest BCUT2D eigenvalue weighted by atomic mass is 10.0. The monoisotopic (exact) mass is 435 g/mol. The van der Waals surface area contributed by atoms with Crippen molar-refractivity contribution in [3.63, 3.8) is 0 Å². The molecule has 9 nitrogen and oxygen atoms in total. The first-order valence-electron chi connectivity index (χ1n) is 10.9. The van der Waals surface area contributed by atoms with Crippen molar-refractivity contribution in [1.29, 1.82) is 0 Å². The maximum atomic E-state index is 12.8. The van der Waals surface area contributed by atoms with Gasteiger partial charge < -0.3 is 15.4 Å². The summed E-state index contributed by atoms with van der Waals surface area (Å²) in [4.78, 5) is 33.8. The molecule has 1 unspecified atom stereocenters. The van der Waals surface area contributed by atoms with Crippen LogP contribution in [0.1, 0.15) is 25.7 Å². The van der Waals surface area contributed by atoms with Crippen molar-refractivity contribution in [2.24, 2.45) is 0 Å². The van der Waals surface area contributed by atoms with Crippen molar-refractivity contribution >= 4 is 22.8 Å². The van der Waals surface area contributed by atoms with Crippen molar-refractivity contribution in [1.82, 2.24) is 29.7 Å². The van der Waals surface area contributed by atoms with Crippen LogP contribution in [0.5, 0.6) is 5.75 Å². The van der Waals surface area contributed by atoms with Crippen molar-refractivity contribution in [2.75, 3.05) is 39.5 Å². The molecule has 0 spiro atoms. The number of aromatic nitrogens is 4. The molecule has 0 radical (unpaired) electrons. The van der Waals surface area contributed by atoms with Crippen LogP contribution in [-0.4, -0.2) is 75.5 Å². The fraction of sp³-hybridized carbons (Fsp3) is 0.435. The van der Waals surface area contributed by atoms with E-state index in [9.17, 15) is 4.79 Å². The first kappa shape index (κ1) is 21.9. The third kappa shape index (κ3) is 4.77. The van der Waals surface area contributed by atoms with Crippen molar-refractivity contribution in [3.05, 3.63) is 37.1 Å². The lowest BCUT2D eigenvalue weighted by molar-refractivity contribution is -0.136. The van der Waals surface area contributed by atoms with Crippen molar-refractivity contribution in [3.8, 4) is 16.9 Å². The van der Waals surface area contributed by atoms with Crippen LogP contribution in [0.25, 0.3) is 22.2 Å². The molecule has 2 aromatic heterocycles. The molecule has 3 heterocycles. The SMILES string of the molecule is CN(CCCOc1c(-c2cncnc2)ccc2ncc(N)nc12)C(=O)C1CCCCN1C. The Kier molecular flexibility index (Phi) is 6.75. The summed E-state index contributed by atoms with van der Waals surface area (Å²) in [6, 6.07) is 3.79. The van der Waals surface area contributed by atoms with Crippen LogP contribution in [-0.2, 0) is 4.79 Å². The van der Waals surface area contributed by atoms with Crippen LogP contribution in [0.3, 0.4) is 0 Å². The van der Waals surface area contributed by atoms with Gasteiger partial charge in [0.1, 0.15) is 17.7 Å². The van der Waals surface area contributed by atoms with Gasteiger partial charge in [0.25, 0.3) is 0 Å². The molecular weight excluding hydrogens is 406 g/mol. The van der Waals surface area contributed by atoms with Crippen LogP contribution < -0.4 is 10.5 Å². The summed E-state index contributed by atoms with van der Waals surface area (Å²) in [6.45, 7) is 2.02. The summed E-state index contributed by atoms with van der Waals surface area (Å²) in [5.74, 6) is 1.10. The standard InChI is InChI=1S/C23H29N7O2/c1-29-9-4-3-6-19(29)23(31)30(2)10-5-11-32-22-17(16-12-25-15-26-13-16)7-8-18-21(22)28-20(24)14-27-18/h7-8,12-15,19H,3-6,9-11H2,1-2H3,(H2,24,28). The minimum atomic E-state index is -0.0179. The predicted octanol–water partition coefficient (Wildman–Crippen LogP) is 2.38. The molecule has 4 rings (SSSR count). The quantitative estimate of drug-likeness (QED) is 0.563. The molecule has 0 bridgehead atoms. The van der Waals surface area contributed by atoms with Gasteiger partial charge in [0.15, 0.2) is 5.75 Å². The van der Waals surface area contributed by atoms with Crippen LogP contribution in [0.15, 0.2) is 37.1 Å². The first-order chi connectivity index (χ1) is 15.5. The van der Waals surface area contributed by atoms with E-state index in [-0.39, 0.29) is 11.9 Å². The topological polar surface area (TPSA) is 110 Å². The highest BCUT2D eigenvalue weighted by molar-refractivity contribution is 5.90. The van der Waals surface area contributed by atoms with Crippen LogP contribution in [0, 0.1) is 0 Å². The minimum absolute atomic E-state index is 0.0179. The zero-order chi connectivity index (χ0) is 22.5. The summed E-state index contributed by atoms with van der Waals surface area (Å²) in [5.41, 5.74) is 8.83. The number of hydrogen-bond donors (Lipinski definition) is 1. The third-order valence-corrected chi connectivity index (χ3v) is 5.87. The molecule has 1 saturated heterocycles. The number of fused-ring (bicyclic) bond motifs is 1. The maximum absolute atomic E-state index is 12.8. The Morgan fingerprint density at radius 3 is 2.84 bits per heavy atom. The van der Waals surface area contributed by atoms with Gasteiger partial charge in [0.2, 0.25) is 5.91 Å². The number of piperidine rings is 1. The fourth-order valence-electron chi connectivity index (χ4n) is 4.11. The number of likely N-dealkylation sites (N-methyl/N-ethyl adjacent to an activating group) is 2. The van der Waals surface area contributed by atoms with Gasteiger partial charge in [-0.25, -0.2) is 15.0 Å². The van der Waals surface area contributed by atoms with E-state index in [2.05, 4.69) is 24.8 Å². The second-order valence-electron chi connectivity index (χ2n) is 8.19. The third-order valence-electron chi connectivity index (χ3n) is 5.87. The number of nitrogens with two attached hydrogens (primary N) is 1. The summed E-state index contributed by atoms with van der Waals surface area (Å²) < 4.78 is 6.19. The Hall–Kier alpha value is -3.33. The zero-order valence-corrected chi connectivity index (χ0v) is 18.6. The highest BCUT2D eigenvalue weighted by atomic mass is 16.5. The number of hydrogen-bond acceptors (Lipinski definition) is 8. The van der Waals surface area contributed by atoms with Crippen LogP contribution in [0.4, 0.5) is 5.82 Å². The molecule has 1 aromatic carbocycles. The van der Waals surface area contributed by atoms with Gasteiger partial charge in [-0.3, -0.25) is 14.7 Å². The molecule has 1 aliphatic rings. The Morgan fingerprint density at radius 1 is 1.25 bits per heavy atom. The number of amides is 1. The van der Waals surface area contributed by atoms with Gasteiger partial charge in [-0.05, 0) is 45.0 Å². The van der Waals surface area contributed by atoms with E-state index in [4.69, 9.17) is 10.5 Å². The largest absolute Gasteiger partial charge is 0.491 e. The smallest absolute Gasteiger partial charge is 0.239 e. The molecule has 0 saturated carbocycles. The highest BCUT2D eigenvalue weighted by Gasteiger charge is 2.28. The molecule has 1 atom stereocenters. The van der Waals surface area contributed by atoms with Crippen molar-refractivity contribution < 1.29 is 9.53 Å². The number of nitrogens with zero attached hydrogens (tertiary/aromatic N) is 6. The zero-order valence-electron chi connectivity index (χ0n) is 18.6.